The Morgan fingerprint density at radius 1 is 1.17 bits per heavy atom. The number of hydrogen-bond acceptors (Lipinski definition) is 7. The van der Waals surface area contributed by atoms with Gasteiger partial charge in [0.25, 0.3) is 0 Å². The molecule has 0 unspecified atom stereocenters. The minimum atomic E-state index is -0.147. The van der Waals surface area contributed by atoms with Crippen LogP contribution < -0.4 is 10.1 Å². The Kier molecular flexibility index (Phi) is 5.76. The standard InChI is InChI=1S/C20H19N5O3S/c1-27-16-9-5-4-8-15(16)21-18(26)10-11-19-24-17(25-28-19)12-29-20-22-13-6-2-3-7-14(13)23-20/h2-9H,10-12H2,1H3,(H,21,26)(H,22,23). The smallest absolute Gasteiger partial charge is 0.227 e. The number of carbonyl (C=O) groups excluding carboxylic acids is 1. The molecule has 0 aliphatic heterocycles. The number of H-pyrrole nitrogens is 1. The number of ether oxygens (including phenoxy) is 1. The van der Waals surface area contributed by atoms with Crippen molar-refractivity contribution in [2.45, 2.75) is 23.8 Å². The normalized spacial score (nSPS) is 10.9. The van der Waals surface area contributed by atoms with Crippen molar-refractivity contribution in [2.24, 2.45) is 0 Å². The summed E-state index contributed by atoms with van der Waals surface area (Å²) in [4.78, 5) is 24.3. The molecule has 0 atom stereocenters. The van der Waals surface area contributed by atoms with E-state index >= 15 is 0 Å². The van der Waals surface area contributed by atoms with E-state index in [-0.39, 0.29) is 12.3 Å². The predicted molar refractivity (Wildman–Crippen MR) is 110 cm³/mol. The molecule has 0 aliphatic rings. The molecule has 2 N–H and O–H groups in total. The third-order valence-electron chi connectivity index (χ3n) is 4.16. The highest BCUT2D eigenvalue weighted by molar-refractivity contribution is 7.98. The van der Waals surface area contributed by atoms with Gasteiger partial charge < -0.3 is 19.6 Å². The second-order valence-electron chi connectivity index (χ2n) is 6.20. The highest BCUT2D eigenvalue weighted by atomic mass is 32.2. The van der Waals surface area contributed by atoms with Crippen LogP contribution in [0.5, 0.6) is 5.75 Å². The van der Waals surface area contributed by atoms with E-state index in [0.29, 0.717) is 35.3 Å². The fourth-order valence-corrected chi connectivity index (χ4v) is 3.49. The molecular weight excluding hydrogens is 390 g/mol. The summed E-state index contributed by atoms with van der Waals surface area (Å²) in [6.07, 6.45) is 0.597. The summed E-state index contributed by atoms with van der Waals surface area (Å²) in [6.45, 7) is 0. The van der Waals surface area contributed by atoms with Crippen molar-refractivity contribution >= 4 is 34.4 Å². The number of rotatable bonds is 8. The van der Waals surface area contributed by atoms with Gasteiger partial charge in [-0.3, -0.25) is 4.79 Å². The van der Waals surface area contributed by atoms with Crippen LogP contribution in [0.1, 0.15) is 18.1 Å². The van der Waals surface area contributed by atoms with Gasteiger partial charge >= 0.3 is 0 Å². The Hall–Kier alpha value is -3.33. The van der Waals surface area contributed by atoms with E-state index in [4.69, 9.17) is 9.26 Å². The number of aromatic nitrogens is 4. The summed E-state index contributed by atoms with van der Waals surface area (Å²) in [6, 6.07) is 15.1. The molecule has 8 nitrogen and oxygen atoms in total. The Balaban J connectivity index is 1.28. The van der Waals surface area contributed by atoms with Gasteiger partial charge in [-0.1, -0.05) is 41.2 Å². The van der Waals surface area contributed by atoms with Crippen LogP contribution in [0.15, 0.2) is 58.2 Å². The molecule has 4 aromatic rings. The Morgan fingerprint density at radius 3 is 2.86 bits per heavy atom. The summed E-state index contributed by atoms with van der Waals surface area (Å²) < 4.78 is 10.5. The number of thioether (sulfide) groups is 1. The number of anilines is 1. The van der Waals surface area contributed by atoms with Gasteiger partial charge in [-0.2, -0.15) is 4.98 Å². The van der Waals surface area contributed by atoms with Crippen LogP contribution in [-0.4, -0.2) is 33.1 Å². The van der Waals surface area contributed by atoms with Gasteiger partial charge in [-0.15, -0.1) is 0 Å². The topological polar surface area (TPSA) is 106 Å². The van der Waals surface area contributed by atoms with Crippen LogP contribution in [-0.2, 0) is 17.0 Å². The zero-order chi connectivity index (χ0) is 20.1. The first-order valence-electron chi connectivity index (χ1n) is 9.03. The number of aryl methyl sites for hydroxylation is 1. The molecule has 0 fully saturated rings. The summed E-state index contributed by atoms with van der Waals surface area (Å²) in [5.74, 6) is 1.99. The summed E-state index contributed by atoms with van der Waals surface area (Å²) in [5, 5.41) is 7.60. The molecule has 0 radical (unpaired) electrons. The molecular formula is C20H19N5O3S. The van der Waals surface area contributed by atoms with Crippen molar-refractivity contribution in [1.82, 2.24) is 20.1 Å². The molecule has 0 saturated heterocycles. The summed E-state index contributed by atoms with van der Waals surface area (Å²) >= 11 is 1.50. The molecule has 148 valence electrons. The van der Waals surface area contributed by atoms with Gasteiger partial charge in [0, 0.05) is 12.8 Å². The molecule has 9 heteroatoms. The van der Waals surface area contributed by atoms with E-state index < -0.39 is 0 Å². The summed E-state index contributed by atoms with van der Waals surface area (Å²) in [7, 11) is 1.56. The number of imidazole rings is 1. The van der Waals surface area contributed by atoms with Crippen LogP contribution >= 0.6 is 11.8 Å². The maximum atomic E-state index is 12.2. The third-order valence-corrected chi connectivity index (χ3v) is 5.03. The van der Waals surface area contributed by atoms with E-state index in [1.807, 2.05) is 36.4 Å². The molecule has 0 aliphatic carbocycles. The Labute approximate surface area is 171 Å². The van der Waals surface area contributed by atoms with Crippen molar-refractivity contribution in [2.75, 3.05) is 12.4 Å². The first-order chi connectivity index (χ1) is 14.2. The number of nitrogens with one attached hydrogen (secondary N) is 2. The number of nitrogens with zero attached hydrogens (tertiary/aromatic N) is 3. The van der Waals surface area contributed by atoms with Crippen molar-refractivity contribution in [1.29, 1.82) is 0 Å². The number of carbonyl (C=O) groups is 1. The maximum Gasteiger partial charge on any atom is 0.227 e. The lowest BCUT2D eigenvalue weighted by atomic mass is 10.2. The lowest BCUT2D eigenvalue weighted by molar-refractivity contribution is -0.116. The molecule has 2 aromatic carbocycles. The minimum absolute atomic E-state index is 0.147. The first kappa shape index (κ1) is 19.0. The van der Waals surface area contributed by atoms with E-state index in [2.05, 4.69) is 25.4 Å². The van der Waals surface area contributed by atoms with Gasteiger partial charge in [0.2, 0.25) is 11.8 Å². The molecule has 2 aromatic heterocycles. The first-order valence-corrected chi connectivity index (χ1v) is 10.0. The van der Waals surface area contributed by atoms with Gasteiger partial charge in [0.1, 0.15) is 5.75 Å². The van der Waals surface area contributed by atoms with Crippen LogP contribution in [0.2, 0.25) is 0 Å². The van der Waals surface area contributed by atoms with Crippen LogP contribution in [0.3, 0.4) is 0 Å². The van der Waals surface area contributed by atoms with E-state index in [1.165, 1.54) is 11.8 Å². The zero-order valence-corrected chi connectivity index (χ0v) is 16.5. The van der Waals surface area contributed by atoms with Crippen LogP contribution in [0, 0.1) is 0 Å². The number of benzene rings is 2. The molecule has 0 saturated carbocycles. The number of fused-ring (bicyclic) bond motifs is 1. The van der Waals surface area contributed by atoms with Crippen molar-refractivity contribution < 1.29 is 14.1 Å². The Morgan fingerprint density at radius 2 is 2.00 bits per heavy atom. The second-order valence-corrected chi connectivity index (χ2v) is 7.16. The highest BCUT2D eigenvalue weighted by Crippen LogP contribution is 2.24. The quantitative estimate of drug-likeness (QED) is 0.426. The number of aromatic amines is 1. The monoisotopic (exact) mass is 409 g/mol. The van der Waals surface area contributed by atoms with Gasteiger partial charge in [-0.25, -0.2) is 4.98 Å². The highest BCUT2D eigenvalue weighted by Gasteiger charge is 2.12. The van der Waals surface area contributed by atoms with Crippen LogP contribution in [0.25, 0.3) is 11.0 Å². The number of para-hydroxylation sites is 4. The second kappa shape index (κ2) is 8.78. The van der Waals surface area contributed by atoms with E-state index in [9.17, 15) is 4.79 Å². The number of amides is 1. The van der Waals surface area contributed by atoms with Crippen molar-refractivity contribution in [3.63, 3.8) is 0 Å². The lowest BCUT2D eigenvalue weighted by Crippen LogP contribution is -2.13. The number of hydrogen-bond donors (Lipinski definition) is 2. The predicted octanol–water partition coefficient (Wildman–Crippen LogP) is 3.82. The number of methoxy groups -OCH3 is 1. The van der Waals surface area contributed by atoms with Gasteiger partial charge in [0.15, 0.2) is 11.0 Å². The average molecular weight is 409 g/mol. The largest absolute Gasteiger partial charge is 0.495 e. The minimum Gasteiger partial charge on any atom is -0.495 e. The molecule has 0 bridgehead atoms. The van der Waals surface area contributed by atoms with Crippen LogP contribution in [0.4, 0.5) is 5.69 Å². The molecule has 0 spiro atoms. The third kappa shape index (κ3) is 4.75. The zero-order valence-electron chi connectivity index (χ0n) is 15.7. The molecule has 29 heavy (non-hydrogen) atoms. The maximum absolute atomic E-state index is 12.2. The van der Waals surface area contributed by atoms with E-state index in [0.717, 1.165) is 16.2 Å². The summed E-state index contributed by atoms with van der Waals surface area (Å²) in [5.41, 5.74) is 2.54. The lowest BCUT2D eigenvalue weighted by Gasteiger charge is -2.08. The average Bonchev–Trinajstić information content (AvgIpc) is 3.37. The van der Waals surface area contributed by atoms with Crippen molar-refractivity contribution in [3.05, 3.63) is 60.2 Å². The molecule has 4 rings (SSSR count). The van der Waals surface area contributed by atoms with Gasteiger partial charge in [0.05, 0.1) is 29.6 Å². The van der Waals surface area contributed by atoms with Gasteiger partial charge in [-0.05, 0) is 24.3 Å². The molecule has 2 heterocycles. The van der Waals surface area contributed by atoms with Crippen molar-refractivity contribution in [3.8, 4) is 5.75 Å². The fourth-order valence-electron chi connectivity index (χ4n) is 2.76. The SMILES string of the molecule is COc1ccccc1NC(=O)CCc1nc(CSc2nc3ccccc3[nH]2)no1. The molecule has 1 amide bonds. The Bertz CT molecular complexity index is 1090. The fraction of sp³-hybridized carbons (Fsp3) is 0.200. The van der Waals surface area contributed by atoms with E-state index in [1.54, 1.807) is 19.2 Å².